The lowest BCUT2D eigenvalue weighted by Crippen LogP contribution is -2.28. The van der Waals surface area contributed by atoms with E-state index in [-0.39, 0.29) is 23.5 Å². The fourth-order valence-corrected chi connectivity index (χ4v) is 3.28. The Bertz CT molecular complexity index is 898. The molecular formula is C19H19FN4OS. The maximum absolute atomic E-state index is 13.4. The van der Waals surface area contributed by atoms with E-state index in [1.165, 1.54) is 23.9 Å². The average Bonchev–Trinajstić information content (AvgIpc) is 3.01. The SMILES string of the molecule is C[C@H](NC(=O)CSc1nnc(-c2cccc(F)c2)n1C)c1ccccc1. The number of benzene rings is 2. The van der Waals surface area contributed by atoms with E-state index in [4.69, 9.17) is 0 Å². The van der Waals surface area contributed by atoms with Gasteiger partial charge in [-0.2, -0.15) is 0 Å². The zero-order chi connectivity index (χ0) is 18.5. The van der Waals surface area contributed by atoms with Gasteiger partial charge in [0.1, 0.15) is 5.82 Å². The molecule has 0 fully saturated rings. The molecule has 1 amide bonds. The molecule has 7 heteroatoms. The molecule has 1 N–H and O–H groups in total. The van der Waals surface area contributed by atoms with E-state index in [0.29, 0.717) is 16.5 Å². The lowest BCUT2D eigenvalue weighted by atomic mass is 10.1. The molecule has 0 bridgehead atoms. The average molecular weight is 370 g/mol. The number of thioether (sulfide) groups is 1. The molecule has 0 spiro atoms. The van der Waals surface area contributed by atoms with Crippen molar-refractivity contribution in [3.05, 3.63) is 66.0 Å². The van der Waals surface area contributed by atoms with E-state index in [2.05, 4.69) is 15.5 Å². The molecule has 3 aromatic rings. The molecule has 0 unspecified atom stereocenters. The number of nitrogens with one attached hydrogen (secondary N) is 1. The van der Waals surface area contributed by atoms with Crippen molar-refractivity contribution in [1.29, 1.82) is 0 Å². The Morgan fingerprint density at radius 3 is 2.69 bits per heavy atom. The summed E-state index contributed by atoms with van der Waals surface area (Å²) in [6.07, 6.45) is 0. The summed E-state index contributed by atoms with van der Waals surface area (Å²) >= 11 is 1.30. The second kappa shape index (κ2) is 8.14. The molecule has 134 valence electrons. The second-order valence-electron chi connectivity index (χ2n) is 5.86. The fourth-order valence-electron chi connectivity index (χ4n) is 2.56. The largest absolute Gasteiger partial charge is 0.349 e. The van der Waals surface area contributed by atoms with Crippen LogP contribution in [0.3, 0.4) is 0 Å². The van der Waals surface area contributed by atoms with Crippen molar-refractivity contribution in [2.75, 3.05) is 5.75 Å². The smallest absolute Gasteiger partial charge is 0.230 e. The molecule has 0 saturated carbocycles. The highest BCUT2D eigenvalue weighted by atomic mass is 32.2. The molecule has 0 saturated heterocycles. The summed E-state index contributed by atoms with van der Waals surface area (Å²) in [5.74, 6) is 0.382. The van der Waals surface area contributed by atoms with Crippen molar-refractivity contribution < 1.29 is 9.18 Å². The number of halogens is 1. The zero-order valence-electron chi connectivity index (χ0n) is 14.5. The minimum atomic E-state index is -0.325. The van der Waals surface area contributed by atoms with Gasteiger partial charge in [0.25, 0.3) is 0 Å². The van der Waals surface area contributed by atoms with Crippen molar-refractivity contribution in [3.63, 3.8) is 0 Å². The lowest BCUT2D eigenvalue weighted by molar-refractivity contribution is -0.119. The van der Waals surface area contributed by atoms with E-state index in [9.17, 15) is 9.18 Å². The number of hydrogen-bond donors (Lipinski definition) is 1. The standard InChI is InChI=1S/C19H19FN4OS/c1-13(14-7-4-3-5-8-14)21-17(25)12-26-19-23-22-18(24(19)2)15-9-6-10-16(20)11-15/h3-11,13H,12H2,1-2H3,(H,21,25)/t13-/m0/s1. The van der Waals surface area contributed by atoms with Crippen molar-refractivity contribution in [2.24, 2.45) is 7.05 Å². The number of carbonyl (C=O) groups excluding carboxylic acids is 1. The van der Waals surface area contributed by atoms with E-state index in [1.54, 1.807) is 23.7 Å². The molecule has 1 aromatic heterocycles. The summed E-state index contributed by atoms with van der Waals surface area (Å²) < 4.78 is 15.1. The minimum Gasteiger partial charge on any atom is -0.349 e. The Morgan fingerprint density at radius 2 is 1.96 bits per heavy atom. The minimum absolute atomic E-state index is 0.0633. The molecule has 2 aromatic carbocycles. The Kier molecular flexibility index (Phi) is 5.68. The highest BCUT2D eigenvalue weighted by Gasteiger charge is 2.14. The van der Waals surface area contributed by atoms with E-state index in [1.807, 2.05) is 37.3 Å². The van der Waals surface area contributed by atoms with Crippen LogP contribution in [0.2, 0.25) is 0 Å². The van der Waals surface area contributed by atoms with E-state index in [0.717, 1.165) is 5.56 Å². The predicted molar refractivity (Wildman–Crippen MR) is 100 cm³/mol. The summed E-state index contributed by atoms with van der Waals surface area (Å²) in [7, 11) is 1.80. The van der Waals surface area contributed by atoms with Gasteiger partial charge in [0, 0.05) is 12.6 Å². The third kappa shape index (κ3) is 4.29. The number of nitrogens with zero attached hydrogens (tertiary/aromatic N) is 3. The van der Waals surface area contributed by atoms with Crippen LogP contribution in [0.15, 0.2) is 59.8 Å². The first-order chi connectivity index (χ1) is 12.5. The van der Waals surface area contributed by atoms with Crippen molar-refractivity contribution in [1.82, 2.24) is 20.1 Å². The zero-order valence-corrected chi connectivity index (χ0v) is 15.3. The fraction of sp³-hybridized carbons (Fsp3) is 0.211. The molecule has 0 aliphatic heterocycles. The van der Waals surface area contributed by atoms with Crippen LogP contribution in [0, 0.1) is 5.82 Å². The first-order valence-electron chi connectivity index (χ1n) is 8.17. The molecule has 26 heavy (non-hydrogen) atoms. The first kappa shape index (κ1) is 18.1. The van der Waals surface area contributed by atoms with Crippen LogP contribution in [-0.2, 0) is 11.8 Å². The Labute approximate surface area is 155 Å². The number of hydrogen-bond acceptors (Lipinski definition) is 4. The summed E-state index contributed by atoms with van der Waals surface area (Å²) in [6.45, 7) is 1.95. The summed E-state index contributed by atoms with van der Waals surface area (Å²) in [4.78, 5) is 12.2. The van der Waals surface area contributed by atoms with Crippen LogP contribution in [-0.4, -0.2) is 26.4 Å². The van der Waals surface area contributed by atoms with Gasteiger partial charge >= 0.3 is 0 Å². The van der Waals surface area contributed by atoms with Crippen molar-refractivity contribution in [3.8, 4) is 11.4 Å². The maximum Gasteiger partial charge on any atom is 0.230 e. The summed E-state index contributed by atoms with van der Waals surface area (Å²) in [5, 5.41) is 11.8. The van der Waals surface area contributed by atoms with Gasteiger partial charge in [0.15, 0.2) is 11.0 Å². The molecule has 1 heterocycles. The molecule has 5 nitrogen and oxygen atoms in total. The third-order valence-electron chi connectivity index (χ3n) is 3.93. The van der Waals surface area contributed by atoms with Crippen LogP contribution in [0.5, 0.6) is 0 Å². The summed E-state index contributed by atoms with van der Waals surface area (Å²) in [6, 6.07) is 15.9. The van der Waals surface area contributed by atoms with E-state index >= 15 is 0 Å². The van der Waals surface area contributed by atoms with Gasteiger partial charge in [0.05, 0.1) is 11.8 Å². The van der Waals surface area contributed by atoms with Crippen LogP contribution in [0.4, 0.5) is 4.39 Å². The van der Waals surface area contributed by atoms with Crippen molar-refractivity contribution in [2.45, 2.75) is 18.1 Å². The maximum atomic E-state index is 13.4. The van der Waals surface area contributed by atoms with Crippen LogP contribution in [0.25, 0.3) is 11.4 Å². The highest BCUT2D eigenvalue weighted by Crippen LogP contribution is 2.23. The Morgan fingerprint density at radius 1 is 1.19 bits per heavy atom. The van der Waals surface area contributed by atoms with Gasteiger partial charge in [-0.05, 0) is 24.6 Å². The quantitative estimate of drug-likeness (QED) is 0.674. The van der Waals surface area contributed by atoms with Gasteiger partial charge in [-0.25, -0.2) is 4.39 Å². The molecule has 0 radical (unpaired) electrons. The summed E-state index contributed by atoms with van der Waals surface area (Å²) in [5.41, 5.74) is 1.70. The monoisotopic (exact) mass is 370 g/mol. The first-order valence-corrected chi connectivity index (χ1v) is 9.15. The second-order valence-corrected chi connectivity index (χ2v) is 6.81. The van der Waals surface area contributed by atoms with Gasteiger partial charge in [-0.15, -0.1) is 10.2 Å². The van der Waals surface area contributed by atoms with Crippen LogP contribution >= 0.6 is 11.8 Å². The van der Waals surface area contributed by atoms with Crippen LogP contribution < -0.4 is 5.32 Å². The molecule has 0 aliphatic rings. The third-order valence-corrected chi connectivity index (χ3v) is 4.95. The molecule has 1 atom stereocenters. The van der Waals surface area contributed by atoms with E-state index < -0.39 is 0 Å². The Balaban J connectivity index is 1.61. The molecule has 3 rings (SSSR count). The number of rotatable bonds is 6. The number of carbonyl (C=O) groups is 1. The topological polar surface area (TPSA) is 59.8 Å². The van der Waals surface area contributed by atoms with Crippen LogP contribution in [0.1, 0.15) is 18.5 Å². The highest BCUT2D eigenvalue weighted by molar-refractivity contribution is 7.99. The molecule has 0 aliphatic carbocycles. The van der Waals surface area contributed by atoms with Gasteiger partial charge in [0.2, 0.25) is 5.91 Å². The van der Waals surface area contributed by atoms with Crippen molar-refractivity contribution >= 4 is 17.7 Å². The number of aromatic nitrogens is 3. The lowest BCUT2D eigenvalue weighted by Gasteiger charge is -2.13. The normalized spacial score (nSPS) is 12.0. The molecular weight excluding hydrogens is 351 g/mol. The van der Waals surface area contributed by atoms with Gasteiger partial charge in [-0.3, -0.25) is 4.79 Å². The Hall–Kier alpha value is -2.67. The van der Waals surface area contributed by atoms with Gasteiger partial charge in [-0.1, -0.05) is 54.2 Å². The number of amides is 1. The predicted octanol–water partition coefficient (Wildman–Crippen LogP) is 3.59. The van der Waals surface area contributed by atoms with Gasteiger partial charge < -0.3 is 9.88 Å².